The molecule has 0 spiro atoms. The quantitative estimate of drug-likeness (QED) is 0.870. The van der Waals surface area contributed by atoms with Crippen LogP contribution in [-0.2, 0) is 6.54 Å². The van der Waals surface area contributed by atoms with Crippen LogP contribution < -0.4 is 5.32 Å². The van der Waals surface area contributed by atoms with Crippen molar-refractivity contribution in [1.82, 2.24) is 5.32 Å². The van der Waals surface area contributed by atoms with Gasteiger partial charge in [-0.25, -0.2) is 0 Å². The van der Waals surface area contributed by atoms with Crippen LogP contribution in [0, 0.1) is 6.92 Å². The highest BCUT2D eigenvalue weighted by molar-refractivity contribution is 9.10. The molecule has 1 atom stereocenters. The third kappa shape index (κ3) is 3.44. The molecule has 2 aromatic carbocycles. The van der Waals surface area contributed by atoms with Crippen molar-refractivity contribution in [2.75, 3.05) is 0 Å². The molecule has 18 heavy (non-hydrogen) atoms. The van der Waals surface area contributed by atoms with E-state index in [1.165, 1.54) is 21.2 Å². The van der Waals surface area contributed by atoms with E-state index in [-0.39, 0.29) is 0 Å². The van der Waals surface area contributed by atoms with Gasteiger partial charge in [0.05, 0.1) is 0 Å². The summed E-state index contributed by atoms with van der Waals surface area (Å²) in [6.07, 6.45) is 0. The van der Waals surface area contributed by atoms with Gasteiger partial charge >= 0.3 is 0 Å². The van der Waals surface area contributed by atoms with Crippen LogP contribution in [0.3, 0.4) is 0 Å². The molecule has 0 aromatic heterocycles. The first kappa shape index (κ1) is 13.3. The summed E-state index contributed by atoms with van der Waals surface area (Å²) in [6, 6.07) is 17.4. The SMILES string of the molecule is Cc1cc(CN[C@@H](C)c2ccccc2)ccc1Br. The highest BCUT2D eigenvalue weighted by Crippen LogP contribution is 2.18. The zero-order chi connectivity index (χ0) is 13.0. The molecule has 94 valence electrons. The summed E-state index contributed by atoms with van der Waals surface area (Å²) in [7, 11) is 0. The molecule has 0 aliphatic rings. The Labute approximate surface area is 117 Å². The fourth-order valence-electron chi connectivity index (χ4n) is 1.95. The van der Waals surface area contributed by atoms with E-state index >= 15 is 0 Å². The second kappa shape index (κ2) is 6.17. The summed E-state index contributed by atoms with van der Waals surface area (Å²) < 4.78 is 1.17. The lowest BCUT2D eigenvalue weighted by Gasteiger charge is -2.14. The number of benzene rings is 2. The second-order valence-corrected chi connectivity index (χ2v) is 5.45. The summed E-state index contributed by atoms with van der Waals surface area (Å²) in [5.41, 5.74) is 3.92. The number of halogens is 1. The fraction of sp³-hybridized carbons (Fsp3) is 0.250. The van der Waals surface area contributed by atoms with Crippen molar-refractivity contribution in [2.24, 2.45) is 0 Å². The molecule has 0 saturated heterocycles. The third-order valence-electron chi connectivity index (χ3n) is 3.13. The zero-order valence-corrected chi connectivity index (χ0v) is 12.4. The van der Waals surface area contributed by atoms with Crippen LogP contribution in [-0.4, -0.2) is 0 Å². The molecule has 1 nitrogen and oxygen atoms in total. The smallest absolute Gasteiger partial charge is 0.0294 e. The molecular weight excluding hydrogens is 286 g/mol. The van der Waals surface area contributed by atoms with Crippen molar-refractivity contribution in [3.05, 3.63) is 69.7 Å². The van der Waals surface area contributed by atoms with Crippen molar-refractivity contribution in [1.29, 1.82) is 0 Å². The number of nitrogens with one attached hydrogen (secondary N) is 1. The predicted molar refractivity (Wildman–Crippen MR) is 80.6 cm³/mol. The molecule has 2 rings (SSSR count). The summed E-state index contributed by atoms with van der Waals surface area (Å²) in [5, 5.41) is 3.55. The Morgan fingerprint density at radius 1 is 1.11 bits per heavy atom. The maximum Gasteiger partial charge on any atom is 0.0294 e. The molecular formula is C16H18BrN. The lowest BCUT2D eigenvalue weighted by Crippen LogP contribution is -2.18. The first-order valence-electron chi connectivity index (χ1n) is 6.20. The minimum atomic E-state index is 0.371. The Bertz CT molecular complexity index is 508. The van der Waals surface area contributed by atoms with Gasteiger partial charge in [0.15, 0.2) is 0 Å². The predicted octanol–water partition coefficient (Wildman–Crippen LogP) is 4.61. The van der Waals surface area contributed by atoms with E-state index in [2.05, 4.69) is 77.6 Å². The lowest BCUT2D eigenvalue weighted by atomic mass is 10.1. The molecule has 0 saturated carbocycles. The van der Waals surface area contributed by atoms with Gasteiger partial charge in [-0.1, -0.05) is 58.4 Å². The summed E-state index contributed by atoms with van der Waals surface area (Å²) in [4.78, 5) is 0. The Kier molecular flexibility index (Phi) is 4.56. The van der Waals surface area contributed by atoms with Gasteiger partial charge in [0.2, 0.25) is 0 Å². The molecule has 2 heteroatoms. The monoisotopic (exact) mass is 303 g/mol. The van der Waals surface area contributed by atoms with Gasteiger partial charge < -0.3 is 5.32 Å². The minimum Gasteiger partial charge on any atom is -0.306 e. The Hall–Kier alpha value is -1.12. The van der Waals surface area contributed by atoms with E-state index in [0.29, 0.717) is 6.04 Å². The van der Waals surface area contributed by atoms with E-state index in [0.717, 1.165) is 6.54 Å². The van der Waals surface area contributed by atoms with E-state index in [1.807, 2.05) is 6.07 Å². The van der Waals surface area contributed by atoms with Gasteiger partial charge in [-0.05, 0) is 36.6 Å². The zero-order valence-electron chi connectivity index (χ0n) is 10.8. The van der Waals surface area contributed by atoms with Crippen LogP contribution in [0.2, 0.25) is 0 Å². The molecule has 1 N–H and O–H groups in total. The molecule has 0 amide bonds. The highest BCUT2D eigenvalue weighted by atomic mass is 79.9. The average molecular weight is 304 g/mol. The standard InChI is InChI=1S/C16H18BrN/c1-12-10-14(8-9-16(12)17)11-18-13(2)15-6-4-3-5-7-15/h3-10,13,18H,11H2,1-2H3/t13-/m0/s1. The average Bonchev–Trinajstić information content (AvgIpc) is 2.41. The maximum atomic E-state index is 3.55. The van der Waals surface area contributed by atoms with Gasteiger partial charge in [-0.3, -0.25) is 0 Å². The second-order valence-electron chi connectivity index (χ2n) is 4.60. The maximum absolute atomic E-state index is 3.55. The number of hydrogen-bond acceptors (Lipinski definition) is 1. The molecule has 2 aromatic rings. The van der Waals surface area contributed by atoms with E-state index in [9.17, 15) is 0 Å². The topological polar surface area (TPSA) is 12.0 Å². The number of aryl methyl sites for hydroxylation is 1. The van der Waals surface area contributed by atoms with Crippen LogP contribution in [0.1, 0.15) is 29.7 Å². The largest absolute Gasteiger partial charge is 0.306 e. The third-order valence-corrected chi connectivity index (χ3v) is 4.02. The first-order valence-corrected chi connectivity index (χ1v) is 6.99. The van der Waals surface area contributed by atoms with Crippen molar-refractivity contribution >= 4 is 15.9 Å². The van der Waals surface area contributed by atoms with Crippen molar-refractivity contribution < 1.29 is 0 Å². The lowest BCUT2D eigenvalue weighted by molar-refractivity contribution is 0.574. The Morgan fingerprint density at radius 3 is 2.50 bits per heavy atom. The number of hydrogen-bond donors (Lipinski definition) is 1. The van der Waals surface area contributed by atoms with Gasteiger partial charge in [-0.2, -0.15) is 0 Å². The van der Waals surface area contributed by atoms with Crippen molar-refractivity contribution in [3.63, 3.8) is 0 Å². The Morgan fingerprint density at radius 2 is 1.83 bits per heavy atom. The summed E-state index contributed by atoms with van der Waals surface area (Å²) in [6.45, 7) is 5.21. The van der Waals surface area contributed by atoms with Crippen LogP contribution in [0.25, 0.3) is 0 Å². The van der Waals surface area contributed by atoms with Crippen LogP contribution >= 0.6 is 15.9 Å². The van der Waals surface area contributed by atoms with Crippen molar-refractivity contribution in [2.45, 2.75) is 26.4 Å². The summed E-state index contributed by atoms with van der Waals surface area (Å²) in [5.74, 6) is 0. The molecule has 0 aliphatic heterocycles. The van der Waals surface area contributed by atoms with Gasteiger partial charge in [0.1, 0.15) is 0 Å². The minimum absolute atomic E-state index is 0.371. The molecule has 0 heterocycles. The van der Waals surface area contributed by atoms with Gasteiger partial charge in [0, 0.05) is 17.1 Å². The molecule has 0 bridgehead atoms. The highest BCUT2D eigenvalue weighted by Gasteiger charge is 2.04. The van der Waals surface area contributed by atoms with Gasteiger partial charge in [-0.15, -0.1) is 0 Å². The van der Waals surface area contributed by atoms with E-state index < -0.39 is 0 Å². The van der Waals surface area contributed by atoms with Crippen LogP contribution in [0.5, 0.6) is 0 Å². The van der Waals surface area contributed by atoms with E-state index in [1.54, 1.807) is 0 Å². The normalized spacial score (nSPS) is 12.4. The van der Waals surface area contributed by atoms with E-state index in [4.69, 9.17) is 0 Å². The molecule has 0 radical (unpaired) electrons. The molecule has 0 aliphatic carbocycles. The molecule has 0 fully saturated rings. The van der Waals surface area contributed by atoms with Crippen molar-refractivity contribution in [3.8, 4) is 0 Å². The fourth-order valence-corrected chi connectivity index (χ4v) is 2.19. The number of rotatable bonds is 4. The summed E-state index contributed by atoms with van der Waals surface area (Å²) >= 11 is 3.53. The van der Waals surface area contributed by atoms with Crippen LogP contribution in [0.15, 0.2) is 53.0 Å². The first-order chi connectivity index (χ1) is 8.66. The molecule has 0 unspecified atom stereocenters. The van der Waals surface area contributed by atoms with Gasteiger partial charge in [0.25, 0.3) is 0 Å². The Balaban J connectivity index is 1.97. The van der Waals surface area contributed by atoms with Crippen LogP contribution in [0.4, 0.5) is 0 Å².